The first-order valence-corrected chi connectivity index (χ1v) is 8.28. The van der Waals surface area contributed by atoms with E-state index in [9.17, 15) is 14.4 Å². The number of hydrogen-bond donors (Lipinski definition) is 3. The summed E-state index contributed by atoms with van der Waals surface area (Å²) in [5.41, 5.74) is 1.03. The Balaban J connectivity index is 1.83. The molecular weight excluding hydrogens is 310 g/mol. The third-order valence-corrected chi connectivity index (χ3v) is 3.77. The largest absolute Gasteiger partial charge is 0.462 e. The van der Waals surface area contributed by atoms with Crippen LogP contribution in [-0.4, -0.2) is 43.5 Å². The van der Waals surface area contributed by atoms with Gasteiger partial charge in [0.1, 0.15) is 0 Å². The van der Waals surface area contributed by atoms with Crippen LogP contribution in [0.25, 0.3) is 0 Å². The lowest BCUT2D eigenvalue weighted by atomic mass is 10.1. The SMILES string of the molecule is CCCCOC(=O)c1ccc(NC(=O)C[C@H]2[NH2+]CCNC2=O)cc1. The topological polar surface area (TPSA) is 101 Å². The maximum atomic E-state index is 12.0. The molecule has 130 valence electrons. The van der Waals surface area contributed by atoms with Gasteiger partial charge in [0.15, 0.2) is 6.04 Å². The molecule has 0 aromatic heterocycles. The highest BCUT2D eigenvalue weighted by Crippen LogP contribution is 2.11. The molecule has 0 bridgehead atoms. The van der Waals surface area contributed by atoms with Gasteiger partial charge in [-0.15, -0.1) is 0 Å². The fraction of sp³-hybridized carbons (Fsp3) is 0.471. The lowest BCUT2D eigenvalue weighted by molar-refractivity contribution is -0.678. The number of nitrogens with one attached hydrogen (secondary N) is 2. The van der Waals surface area contributed by atoms with Crippen LogP contribution in [0.15, 0.2) is 24.3 Å². The molecule has 24 heavy (non-hydrogen) atoms. The molecule has 1 aliphatic rings. The van der Waals surface area contributed by atoms with Gasteiger partial charge in [-0.1, -0.05) is 13.3 Å². The minimum atomic E-state index is -0.383. The van der Waals surface area contributed by atoms with E-state index in [0.29, 0.717) is 24.4 Å². The molecule has 1 fully saturated rings. The summed E-state index contributed by atoms with van der Waals surface area (Å²) in [7, 11) is 0. The molecule has 0 saturated carbocycles. The minimum Gasteiger partial charge on any atom is -0.462 e. The number of benzene rings is 1. The monoisotopic (exact) mass is 334 g/mol. The zero-order chi connectivity index (χ0) is 17.4. The number of hydrogen-bond acceptors (Lipinski definition) is 4. The summed E-state index contributed by atoms with van der Waals surface area (Å²) >= 11 is 0. The predicted octanol–water partition coefficient (Wildman–Crippen LogP) is 0.0339. The van der Waals surface area contributed by atoms with Crippen LogP contribution in [-0.2, 0) is 14.3 Å². The molecule has 0 aliphatic carbocycles. The van der Waals surface area contributed by atoms with E-state index in [1.54, 1.807) is 24.3 Å². The van der Waals surface area contributed by atoms with Gasteiger partial charge in [-0.05, 0) is 30.7 Å². The summed E-state index contributed by atoms with van der Waals surface area (Å²) in [6.07, 6.45) is 1.92. The first-order valence-electron chi connectivity index (χ1n) is 8.28. The normalized spacial score (nSPS) is 17.0. The van der Waals surface area contributed by atoms with E-state index in [4.69, 9.17) is 4.74 Å². The predicted molar refractivity (Wildman–Crippen MR) is 88.5 cm³/mol. The number of carbonyl (C=O) groups excluding carboxylic acids is 3. The van der Waals surface area contributed by atoms with Crippen molar-refractivity contribution in [2.45, 2.75) is 32.2 Å². The number of ether oxygens (including phenoxy) is 1. The lowest BCUT2D eigenvalue weighted by Crippen LogP contribution is -2.96. The number of nitrogens with two attached hydrogens (primary N) is 1. The van der Waals surface area contributed by atoms with Crippen molar-refractivity contribution in [2.75, 3.05) is 25.0 Å². The van der Waals surface area contributed by atoms with Gasteiger partial charge in [-0.2, -0.15) is 0 Å². The van der Waals surface area contributed by atoms with E-state index in [-0.39, 0.29) is 30.2 Å². The number of rotatable bonds is 7. The summed E-state index contributed by atoms with van der Waals surface area (Å²) in [6.45, 7) is 3.85. The van der Waals surface area contributed by atoms with E-state index in [0.717, 1.165) is 19.4 Å². The Morgan fingerprint density at radius 3 is 2.75 bits per heavy atom. The highest BCUT2D eigenvalue weighted by atomic mass is 16.5. The van der Waals surface area contributed by atoms with Gasteiger partial charge >= 0.3 is 5.97 Å². The van der Waals surface area contributed by atoms with Crippen LogP contribution in [0.1, 0.15) is 36.5 Å². The molecule has 7 heteroatoms. The van der Waals surface area contributed by atoms with E-state index < -0.39 is 0 Å². The molecule has 1 aliphatic heterocycles. The smallest absolute Gasteiger partial charge is 0.338 e. The number of quaternary nitrogens is 1. The van der Waals surface area contributed by atoms with Crippen molar-refractivity contribution >= 4 is 23.5 Å². The summed E-state index contributed by atoms with van der Waals surface area (Å²) in [4.78, 5) is 35.4. The van der Waals surface area contributed by atoms with Crippen LogP contribution in [0.4, 0.5) is 5.69 Å². The molecule has 2 amide bonds. The number of esters is 1. The second-order valence-electron chi connectivity index (χ2n) is 5.74. The Hall–Kier alpha value is -2.41. The standard InChI is InChI=1S/C17H23N3O4/c1-2-3-10-24-17(23)12-4-6-13(7-5-12)20-15(21)11-14-16(22)19-9-8-18-14/h4-7,14,18H,2-3,8-11H2,1H3,(H,19,22)(H,20,21)/p+1/t14-/m1/s1. The first kappa shape index (κ1) is 17.9. The van der Waals surface area contributed by atoms with Crippen LogP contribution < -0.4 is 16.0 Å². The fourth-order valence-electron chi connectivity index (χ4n) is 2.39. The van der Waals surface area contributed by atoms with Gasteiger partial charge in [0.05, 0.1) is 31.7 Å². The van der Waals surface area contributed by atoms with Crippen molar-refractivity contribution < 1.29 is 24.4 Å². The molecule has 0 radical (unpaired) electrons. The third kappa shape index (κ3) is 5.34. The van der Waals surface area contributed by atoms with E-state index >= 15 is 0 Å². The van der Waals surface area contributed by atoms with Gasteiger partial charge in [-0.25, -0.2) is 4.79 Å². The van der Waals surface area contributed by atoms with Crippen LogP contribution >= 0.6 is 0 Å². The van der Waals surface area contributed by atoms with Crippen LogP contribution in [0.5, 0.6) is 0 Å². The van der Waals surface area contributed by atoms with E-state index in [1.165, 1.54) is 0 Å². The number of unbranched alkanes of at least 4 members (excludes halogenated alkanes) is 1. The lowest BCUT2D eigenvalue weighted by Gasteiger charge is -2.19. The van der Waals surface area contributed by atoms with Gasteiger partial charge in [-0.3, -0.25) is 9.59 Å². The van der Waals surface area contributed by atoms with Crippen molar-refractivity contribution in [2.24, 2.45) is 0 Å². The molecule has 0 unspecified atom stereocenters. The maximum Gasteiger partial charge on any atom is 0.338 e. The van der Waals surface area contributed by atoms with Gasteiger partial charge in [0.2, 0.25) is 5.91 Å². The van der Waals surface area contributed by atoms with Crippen molar-refractivity contribution in [1.82, 2.24) is 5.32 Å². The number of amides is 2. The molecule has 4 N–H and O–H groups in total. The van der Waals surface area contributed by atoms with Gasteiger partial charge in [0.25, 0.3) is 5.91 Å². The Labute approximate surface area is 141 Å². The number of anilines is 1. The molecule has 1 heterocycles. The van der Waals surface area contributed by atoms with E-state index in [2.05, 4.69) is 10.6 Å². The molecular formula is C17H24N3O4+. The second-order valence-corrected chi connectivity index (χ2v) is 5.74. The zero-order valence-electron chi connectivity index (χ0n) is 13.8. The van der Waals surface area contributed by atoms with Crippen molar-refractivity contribution in [1.29, 1.82) is 0 Å². The quantitative estimate of drug-likeness (QED) is 0.484. The van der Waals surface area contributed by atoms with Crippen LogP contribution in [0.3, 0.4) is 0 Å². The zero-order valence-corrected chi connectivity index (χ0v) is 13.8. The molecule has 1 aromatic rings. The molecule has 7 nitrogen and oxygen atoms in total. The Morgan fingerprint density at radius 2 is 2.08 bits per heavy atom. The fourth-order valence-corrected chi connectivity index (χ4v) is 2.39. The van der Waals surface area contributed by atoms with Gasteiger partial charge in [0, 0.05) is 5.69 Å². The average Bonchev–Trinajstić information content (AvgIpc) is 2.58. The Morgan fingerprint density at radius 1 is 1.33 bits per heavy atom. The Kier molecular flexibility index (Phi) is 6.74. The maximum absolute atomic E-state index is 12.0. The summed E-state index contributed by atoms with van der Waals surface area (Å²) in [6, 6.07) is 6.15. The van der Waals surface area contributed by atoms with Crippen molar-refractivity contribution in [3.8, 4) is 0 Å². The Bertz CT molecular complexity index is 586. The van der Waals surface area contributed by atoms with E-state index in [1.807, 2.05) is 12.2 Å². The second kappa shape index (κ2) is 9.02. The van der Waals surface area contributed by atoms with Crippen molar-refractivity contribution in [3.63, 3.8) is 0 Å². The van der Waals surface area contributed by atoms with Crippen LogP contribution in [0, 0.1) is 0 Å². The molecule has 2 rings (SSSR count). The summed E-state index contributed by atoms with van der Waals surface area (Å²) < 4.78 is 5.13. The van der Waals surface area contributed by atoms with Crippen molar-refractivity contribution in [3.05, 3.63) is 29.8 Å². The van der Waals surface area contributed by atoms with Crippen LogP contribution in [0.2, 0.25) is 0 Å². The number of carbonyl (C=O) groups is 3. The minimum absolute atomic E-state index is 0.110. The highest BCUT2D eigenvalue weighted by Gasteiger charge is 2.27. The highest BCUT2D eigenvalue weighted by molar-refractivity contribution is 5.95. The average molecular weight is 334 g/mol. The number of piperazine rings is 1. The molecule has 1 saturated heterocycles. The summed E-state index contributed by atoms with van der Waals surface area (Å²) in [5, 5.41) is 7.35. The first-order chi connectivity index (χ1) is 11.6. The van der Waals surface area contributed by atoms with Gasteiger partial charge < -0.3 is 20.7 Å². The third-order valence-electron chi connectivity index (χ3n) is 3.77. The molecule has 1 atom stereocenters. The molecule has 0 spiro atoms. The molecule has 1 aromatic carbocycles. The summed E-state index contributed by atoms with van der Waals surface area (Å²) in [5.74, 6) is -0.706.